The molecule has 7 heteroatoms. The van der Waals surface area contributed by atoms with Crippen molar-refractivity contribution in [3.63, 3.8) is 0 Å². The van der Waals surface area contributed by atoms with E-state index in [0.29, 0.717) is 33.4 Å². The van der Waals surface area contributed by atoms with E-state index in [4.69, 9.17) is 16.3 Å². The molecule has 3 aromatic rings. The van der Waals surface area contributed by atoms with Gasteiger partial charge in [0, 0.05) is 10.7 Å². The normalized spacial score (nSPS) is 11.0. The number of hydrazone groups is 1. The maximum Gasteiger partial charge on any atom is 0.280 e. The Hall–Kier alpha value is -2.99. The molecule has 3 rings (SSSR count). The van der Waals surface area contributed by atoms with Gasteiger partial charge in [0.2, 0.25) is 0 Å². The number of rotatable bonds is 5. The van der Waals surface area contributed by atoms with Crippen LogP contribution in [0.15, 0.2) is 58.4 Å². The Balaban J connectivity index is 1.86. The van der Waals surface area contributed by atoms with Crippen molar-refractivity contribution >= 4 is 23.5 Å². The summed E-state index contributed by atoms with van der Waals surface area (Å²) >= 11 is 5.89. The van der Waals surface area contributed by atoms with Crippen LogP contribution in [0.4, 0.5) is 5.69 Å². The van der Waals surface area contributed by atoms with Crippen LogP contribution in [0.3, 0.4) is 0 Å². The minimum atomic E-state index is -0.189. The zero-order valence-electron chi connectivity index (χ0n) is 13.8. The van der Waals surface area contributed by atoms with E-state index in [1.54, 1.807) is 31.4 Å². The zero-order chi connectivity index (χ0) is 17.8. The summed E-state index contributed by atoms with van der Waals surface area (Å²) in [7, 11) is 1.59. The first-order chi connectivity index (χ1) is 12.1. The van der Waals surface area contributed by atoms with E-state index in [1.165, 1.54) is 10.9 Å². The molecule has 0 aliphatic carbocycles. The second-order valence-electron chi connectivity index (χ2n) is 5.34. The molecule has 1 aromatic heterocycles. The number of para-hydroxylation sites is 2. The fourth-order valence-electron chi connectivity index (χ4n) is 2.39. The molecule has 2 N–H and O–H groups in total. The Kier molecular flexibility index (Phi) is 4.90. The van der Waals surface area contributed by atoms with Gasteiger partial charge in [-0.2, -0.15) is 5.10 Å². The topological polar surface area (TPSA) is 71.4 Å². The highest BCUT2D eigenvalue weighted by atomic mass is 35.5. The Morgan fingerprint density at radius 2 is 1.92 bits per heavy atom. The molecule has 0 fully saturated rings. The molecule has 1 heterocycles. The number of hydrogen-bond acceptors (Lipinski definition) is 4. The molecule has 128 valence electrons. The van der Waals surface area contributed by atoms with E-state index >= 15 is 0 Å². The number of nitrogens with zero attached hydrogens (tertiary/aromatic N) is 2. The summed E-state index contributed by atoms with van der Waals surface area (Å²) in [6.07, 6.45) is 1.49. The molecule has 6 nitrogen and oxygen atoms in total. The first-order valence-corrected chi connectivity index (χ1v) is 7.97. The van der Waals surface area contributed by atoms with Crippen LogP contribution in [0.5, 0.6) is 5.75 Å². The summed E-state index contributed by atoms with van der Waals surface area (Å²) in [6, 6.07) is 14.4. The van der Waals surface area contributed by atoms with Gasteiger partial charge in [-0.05, 0) is 43.3 Å². The predicted octanol–water partition coefficient (Wildman–Crippen LogP) is 3.58. The van der Waals surface area contributed by atoms with Gasteiger partial charge < -0.3 is 4.74 Å². The number of aromatic nitrogens is 2. The molecule has 0 radical (unpaired) electrons. The quantitative estimate of drug-likeness (QED) is 0.542. The minimum absolute atomic E-state index is 0.189. The summed E-state index contributed by atoms with van der Waals surface area (Å²) < 4.78 is 6.70. The Bertz CT molecular complexity index is 958. The molecule has 0 spiro atoms. The largest absolute Gasteiger partial charge is 0.495 e. The summed E-state index contributed by atoms with van der Waals surface area (Å²) in [6.45, 7) is 1.82. The van der Waals surface area contributed by atoms with Crippen molar-refractivity contribution in [2.24, 2.45) is 5.10 Å². The lowest BCUT2D eigenvalue weighted by Gasteiger charge is -2.06. The van der Waals surface area contributed by atoms with Gasteiger partial charge in [0.1, 0.15) is 5.75 Å². The van der Waals surface area contributed by atoms with Crippen molar-refractivity contribution < 1.29 is 4.74 Å². The van der Waals surface area contributed by atoms with Crippen LogP contribution < -0.4 is 15.7 Å². The second kappa shape index (κ2) is 7.27. The van der Waals surface area contributed by atoms with Crippen LogP contribution in [0.1, 0.15) is 11.3 Å². The predicted molar refractivity (Wildman–Crippen MR) is 100 cm³/mol. The third kappa shape index (κ3) is 3.59. The van der Waals surface area contributed by atoms with Gasteiger partial charge in [0.25, 0.3) is 5.56 Å². The number of aromatic amines is 1. The number of anilines is 1. The van der Waals surface area contributed by atoms with Gasteiger partial charge in [0.05, 0.1) is 30.3 Å². The van der Waals surface area contributed by atoms with Crippen molar-refractivity contribution in [1.82, 2.24) is 9.78 Å². The number of nitrogens with one attached hydrogen (secondary N) is 2. The monoisotopic (exact) mass is 356 g/mol. The molecular formula is C18H17ClN4O2. The van der Waals surface area contributed by atoms with E-state index in [1.807, 2.05) is 31.2 Å². The molecule has 0 atom stereocenters. The lowest BCUT2D eigenvalue weighted by molar-refractivity contribution is 0.416. The lowest BCUT2D eigenvalue weighted by atomic mass is 10.3. The van der Waals surface area contributed by atoms with Crippen LogP contribution in [0, 0.1) is 6.92 Å². The smallest absolute Gasteiger partial charge is 0.280 e. The average molecular weight is 357 g/mol. The molecule has 0 unspecified atom stereocenters. The molecule has 0 amide bonds. The van der Waals surface area contributed by atoms with Crippen LogP contribution in [0.25, 0.3) is 5.69 Å². The molecule has 0 saturated carbocycles. The van der Waals surface area contributed by atoms with E-state index in [0.717, 1.165) is 0 Å². The average Bonchev–Trinajstić information content (AvgIpc) is 2.91. The van der Waals surface area contributed by atoms with Gasteiger partial charge in [-0.25, -0.2) is 4.68 Å². The fraction of sp³-hybridized carbons (Fsp3) is 0.111. The molecule has 0 aliphatic rings. The Morgan fingerprint density at radius 3 is 2.64 bits per heavy atom. The van der Waals surface area contributed by atoms with Gasteiger partial charge in [-0.15, -0.1) is 0 Å². The number of halogens is 1. The standard InChI is InChI=1S/C18H17ClN4O2/c1-12-15(11-20-21-16-5-3-4-6-17(16)25-2)18(24)23(22-12)14-9-7-13(19)8-10-14/h3-11,21-22H,1-2H3/b20-11+. The first kappa shape index (κ1) is 16.9. The van der Waals surface area contributed by atoms with Gasteiger partial charge in [-0.3, -0.25) is 15.3 Å². The highest BCUT2D eigenvalue weighted by Gasteiger charge is 2.10. The minimum Gasteiger partial charge on any atom is -0.495 e. The number of ether oxygens (including phenoxy) is 1. The van der Waals surface area contributed by atoms with Crippen molar-refractivity contribution in [3.05, 3.63) is 75.2 Å². The van der Waals surface area contributed by atoms with E-state index in [9.17, 15) is 4.79 Å². The number of hydrogen-bond donors (Lipinski definition) is 2. The molecular weight excluding hydrogens is 340 g/mol. The molecule has 25 heavy (non-hydrogen) atoms. The highest BCUT2D eigenvalue weighted by Crippen LogP contribution is 2.22. The van der Waals surface area contributed by atoms with Gasteiger partial charge >= 0.3 is 0 Å². The van der Waals surface area contributed by atoms with Gasteiger partial charge in [-0.1, -0.05) is 23.7 Å². The number of aryl methyl sites for hydroxylation is 1. The van der Waals surface area contributed by atoms with Gasteiger partial charge in [0.15, 0.2) is 0 Å². The van der Waals surface area contributed by atoms with E-state index < -0.39 is 0 Å². The van der Waals surface area contributed by atoms with E-state index in [2.05, 4.69) is 15.6 Å². The number of benzene rings is 2. The van der Waals surface area contributed by atoms with Crippen molar-refractivity contribution in [3.8, 4) is 11.4 Å². The fourth-order valence-corrected chi connectivity index (χ4v) is 2.51. The third-order valence-electron chi connectivity index (χ3n) is 3.69. The molecule has 0 aliphatic heterocycles. The number of H-pyrrole nitrogens is 1. The summed E-state index contributed by atoms with van der Waals surface area (Å²) in [5.41, 5.74) is 5.30. The van der Waals surface area contributed by atoms with Crippen LogP contribution in [0.2, 0.25) is 5.02 Å². The maximum absolute atomic E-state index is 12.6. The molecule has 0 saturated heterocycles. The molecule has 0 bridgehead atoms. The first-order valence-electron chi connectivity index (χ1n) is 7.60. The van der Waals surface area contributed by atoms with Crippen molar-refractivity contribution in [1.29, 1.82) is 0 Å². The summed E-state index contributed by atoms with van der Waals surface area (Å²) in [5, 5.41) is 7.80. The SMILES string of the molecule is COc1ccccc1N/N=C/c1c(C)[nH]n(-c2ccc(Cl)cc2)c1=O. The van der Waals surface area contributed by atoms with Crippen LogP contribution in [-0.4, -0.2) is 23.1 Å². The highest BCUT2D eigenvalue weighted by molar-refractivity contribution is 6.30. The van der Waals surface area contributed by atoms with Crippen LogP contribution in [-0.2, 0) is 0 Å². The lowest BCUT2D eigenvalue weighted by Crippen LogP contribution is -2.17. The Labute approximate surface area is 149 Å². The van der Waals surface area contributed by atoms with Crippen LogP contribution >= 0.6 is 11.6 Å². The summed E-state index contributed by atoms with van der Waals surface area (Å²) in [5.74, 6) is 0.670. The zero-order valence-corrected chi connectivity index (χ0v) is 14.5. The summed E-state index contributed by atoms with van der Waals surface area (Å²) in [4.78, 5) is 12.6. The maximum atomic E-state index is 12.6. The van der Waals surface area contributed by atoms with Crippen molar-refractivity contribution in [2.45, 2.75) is 6.92 Å². The molecule has 2 aromatic carbocycles. The van der Waals surface area contributed by atoms with E-state index in [-0.39, 0.29) is 5.56 Å². The Morgan fingerprint density at radius 1 is 1.20 bits per heavy atom. The van der Waals surface area contributed by atoms with Crippen molar-refractivity contribution in [2.75, 3.05) is 12.5 Å². The third-order valence-corrected chi connectivity index (χ3v) is 3.94. The second-order valence-corrected chi connectivity index (χ2v) is 5.77. The number of methoxy groups -OCH3 is 1.